The summed E-state index contributed by atoms with van der Waals surface area (Å²) in [7, 11) is 2.15. The summed E-state index contributed by atoms with van der Waals surface area (Å²) >= 11 is 0. The molecule has 3 aromatic heterocycles. The highest BCUT2D eigenvalue weighted by Gasteiger charge is 2.34. The van der Waals surface area contributed by atoms with Crippen LogP contribution < -0.4 is 31.0 Å². The third-order valence-electron chi connectivity index (χ3n) is 11.3. The van der Waals surface area contributed by atoms with E-state index >= 15 is 4.39 Å². The lowest BCUT2D eigenvalue weighted by Gasteiger charge is -2.29. The lowest BCUT2D eigenvalue weighted by molar-refractivity contribution is -0.120. The number of fused-ring (bicyclic) bond motifs is 5. The van der Waals surface area contributed by atoms with Crippen molar-refractivity contribution >= 4 is 50.3 Å². The van der Waals surface area contributed by atoms with E-state index in [-0.39, 0.29) is 48.3 Å². The molecule has 0 spiro atoms. The van der Waals surface area contributed by atoms with Gasteiger partial charge in [-0.05, 0) is 70.4 Å². The molecular weight excluding hydrogens is 716 g/mol. The molecular formula is C42H47FN8O5. The Labute approximate surface area is 323 Å². The number of nitrogens with one attached hydrogen (secondary N) is 3. The summed E-state index contributed by atoms with van der Waals surface area (Å²) in [6.07, 6.45) is 11.4. The molecule has 3 aliphatic rings. The number of para-hydroxylation sites is 1. The Balaban J connectivity index is 0.00000441. The monoisotopic (exact) mass is 762 g/mol. The summed E-state index contributed by atoms with van der Waals surface area (Å²) in [4.78, 5) is 48.8. The summed E-state index contributed by atoms with van der Waals surface area (Å²) < 4.78 is 33.0. The molecule has 3 aliphatic heterocycles. The van der Waals surface area contributed by atoms with Crippen LogP contribution in [-0.2, 0) is 11.3 Å². The molecule has 13 nitrogen and oxygen atoms in total. The fourth-order valence-electron chi connectivity index (χ4n) is 8.43. The summed E-state index contributed by atoms with van der Waals surface area (Å²) in [5, 5.41) is 11.0. The maximum absolute atomic E-state index is 16.5. The van der Waals surface area contributed by atoms with Crippen molar-refractivity contribution in [2.45, 2.75) is 58.2 Å². The number of amides is 2. The lowest BCUT2D eigenvalue weighted by atomic mass is 10.0. The van der Waals surface area contributed by atoms with Crippen LogP contribution in [0, 0.1) is 5.82 Å². The Morgan fingerprint density at radius 2 is 1.91 bits per heavy atom. The number of imidazole rings is 1. The predicted molar refractivity (Wildman–Crippen MR) is 215 cm³/mol. The number of nitrogens with zero attached hydrogens (tertiary/aromatic N) is 5. The second-order valence-corrected chi connectivity index (χ2v) is 14.8. The smallest absolute Gasteiger partial charge is 0.256 e. The van der Waals surface area contributed by atoms with E-state index in [1.54, 1.807) is 17.1 Å². The maximum Gasteiger partial charge on any atom is 0.256 e. The van der Waals surface area contributed by atoms with E-state index in [9.17, 15) is 14.4 Å². The number of hydrogen-bond donors (Lipinski definition) is 3. The number of furan rings is 1. The summed E-state index contributed by atoms with van der Waals surface area (Å²) in [6, 6.07) is 12.9. The van der Waals surface area contributed by atoms with E-state index in [4.69, 9.17) is 9.15 Å². The van der Waals surface area contributed by atoms with Gasteiger partial charge in [-0.15, -0.1) is 0 Å². The highest BCUT2D eigenvalue weighted by Crippen LogP contribution is 2.49. The van der Waals surface area contributed by atoms with Crippen molar-refractivity contribution in [3.05, 3.63) is 89.0 Å². The van der Waals surface area contributed by atoms with Crippen molar-refractivity contribution < 1.29 is 23.1 Å². The molecule has 2 fully saturated rings. The number of anilines is 1. The molecule has 2 amide bonds. The molecule has 0 saturated carbocycles. The number of carbonyl (C=O) groups is 2. The van der Waals surface area contributed by atoms with E-state index in [1.807, 2.05) is 52.1 Å². The van der Waals surface area contributed by atoms with Gasteiger partial charge in [0, 0.05) is 73.7 Å². The molecule has 2 atom stereocenters. The zero-order valence-electron chi connectivity index (χ0n) is 30.6. The number of halogens is 1. The third-order valence-corrected chi connectivity index (χ3v) is 11.3. The quantitative estimate of drug-likeness (QED) is 0.137. The van der Waals surface area contributed by atoms with E-state index in [1.165, 1.54) is 25.1 Å². The van der Waals surface area contributed by atoms with Gasteiger partial charge in [0.25, 0.3) is 5.91 Å². The lowest BCUT2D eigenvalue weighted by Crippen LogP contribution is -2.42. The Morgan fingerprint density at radius 3 is 2.73 bits per heavy atom. The number of carbonyl (C=O) groups excluding carboxylic acids is 2. The minimum absolute atomic E-state index is 0. The number of likely N-dealkylation sites (tertiary alicyclic amines) is 1. The standard InChI is InChI=1S/C41H43FN8O5.CH4/c1-47-14-4-6-26(47)9-12-43-21-36(51)46-25-10-16-49(22-25)38-31(42)18-29-37-40(38)55-35-19-28-27-7-2-3-8-33(27)54-34(28)20-32(35)50(37)23-30(39(29)52)41(53)45-11-5-15-48-17-13-44-24-48;/h2-3,7-8,13,17-20,23-26,43H,4-6,9-12,14-16,21-22H2,1H3,(H,45,53)(H,46,51);1H4/t25-,26?;/m1./s1. The molecule has 9 rings (SSSR count). The van der Waals surface area contributed by atoms with Gasteiger partial charge in [-0.2, -0.15) is 0 Å². The minimum Gasteiger partial charge on any atom is -0.456 e. The molecule has 0 radical (unpaired) electrons. The summed E-state index contributed by atoms with van der Waals surface area (Å²) in [5.41, 5.74) is 1.70. The molecule has 6 heterocycles. The molecule has 1 unspecified atom stereocenters. The Hall–Kier alpha value is -5.73. The first-order chi connectivity index (χ1) is 26.8. The first-order valence-corrected chi connectivity index (χ1v) is 19.1. The van der Waals surface area contributed by atoms with Crippen LogP contribution in [0.3, 0.4) is 0 Å². The van der Waals surface area contributed by atoms with Gasteiger partial charge in [0.05, 0.1) is 23.9 Å². The van der Waals surface area contributed by atoms with Gasteiger partial charge < -0.3 is 44.0 Å². The van der Waals surface area contributed by atoms with Crippen molar-refractivity contribution in [1.29, 1.82) is 0 Å². The van der Waals surface area contributed by atoms with E-state index < -0.39 is 17.2 Å². The van der Waals surface area contributed by atoms with Crippen LogP contribution in [0.2, 0.25) is 0 Å². The largest absolute Gasteiger partial charge is 0.456 e. The van der Waals surface area contributed by atoms with Crippen molar-refractivity contribution in [2.24, 2.45) is 0 Å². The summed E-state index contributed by atoms with van der Waals surface area (Å²) in [6.45, 7) is 3.90. The molecule has 56 heavy (non-hydrogen) atoms. The van der Waals surface area contributed by atoms with Crippen molar-refractivity contribution in [2.75, 3.05) is 51.2 Å². The molecule has 0 bridgehead atoms. The predicted octanol–water partition coefficient (Wildman–Crippen LogP) is 5.56. The molecule has 3 N–H and O–H groups in total. The number of ether oxygens (including phenoxy) is 1. The second kappa shape index (κ2) is 15.4. The second-order valence-electron chi connectivity index (χ2n) is 14.8. The Morgan fingerprint density at radius 1 is 1.04 bits per heavy atom. The highest BCUT2D eigenvalue weighted by molar-refractivity contribution is 6.07. The Bertz CT molecular complexity index is 2490. The van der Waals surface area contributed by atoms with Gasteiger partial charge in [0.2, 0.25) is 11.3 Å². The van der Waals surface area contributed by atoms with Crippen LogP contribution in [0.15, 0.2) is 76.6 Å². The van der Waals surface area contributed by atoms with Crippen molar-refractivity contribution in [3.63, 3.8) is 0 Å². The normalized spacial score (nSPS) is 17.6. The molecule has 0 aliphatic carbocycles. The van der Waals surface area contributed by atoms with Gasteiger partial charge >= 0.3 is 0 Å². The SMILES string of the molecule is C.CN1CCCC1CCNCC(=O)N[C@@H]1CCN(c2c(F)cc3c(=O)c(C(=O)NCCCn4ccnc4)cn4c3c2Oc2cc3c(cc2-4)oc2ccccc23)C1. The van der Waals surface area contributed by atoms with Crippen LogP contribution >= 0.6 is 0 Å². The summed E-state index contributed by atoms with van der Waals surface area (Å²) in [5.74, 6) is -0.690. The van der Waals surface area contributed by atoms with E-state index in [0.717, 1.165) is 30.3 Å². The van der Waals surface area contributed by atoms with Gasteiger partial charge in [0.15, 0.2) is 17.3 Å². The fraction of sp³-hybridized carbons (Fsp3) is 0.381. The van der Waals surface area contributed by atoms with Crippen molar-refractivity contribution in [3.8, 4) is 17.2 Å². The highest BCUT2D eigenvalue weighted by atomic mass is 19.1. The third kappa shape index (κ3) is 6.87. The number of hydrogen-bond acceptors (Lipinski definition) is 9. The molecule has 2 saturated heterocycles. The van der Waals surface area contributed by atoms with Crippen LogP contribution in [0.4, 0.5) is 10.1 Å². The molecule has 14 heteroatoms. The zero-order chi connectivity index (χ0) is 37.6. The molecule has 3 aromatic carbocycles. The topological polar surface area (TPSA) is 139 Å². The van der Waals surface area contributed by atoms with E-state index in [0.29, 0.717) is 73.2 Å². The van der Waals surface area contributed by atoms with Gasteiger partial charge in [0.1, 0.15) is 27.9 Å². The molecule has 292 valence electrons. The number of aryl methyl sites for hydroxylation is 1. The van der Waals surface area contributed by atoms with Crippen LogP contribution in [0.5, 0.6) is 11.5 Å². The zero-order valence-corrected chi connectivity index (χ0v) is 30.6. The number of pyridine rings is 1. The number of aromatic nitrogens is 3. The minimum atomic E-state index is -0.646. The van der Waals surface area contributed by atoms with Gasteiger partial charge in [-0.1, -0.05) is 25.6 Å². The fourth-order valence-corrected chi connectivity index (χ4v) is 8.43. The number of rotatable bonds is 12. The average molecular weight is 763 g/mol. The van der Waals surface area contributed by atoms with Gasteiger partial charge in [-0.25, -0.2) is 9.37 Å². The van der Waals surface area contributed by atoms with Gasteiger partial charge in [-0.3, -0.25) is 14.4 Å². The maximum atomic E-state index is 16.5. The molecule has 6 aromatic rings. The number of benzene rings is 3. The first-order valence-electron chi connectivity index (χ1n) is 19.1. The van der Waals surface area contributed by atoms with E-state index in [2.05, 4.69) is 32.9 Å². The average Bonchev–Trinajstić information content (AvgIpc) is 4.01. The van der Waals surface area contributed by atoms with Crippen LogP contribution in [-0.4, -0.2) is 89.2 Å². The van der Waals surface area contributed by atoms with Crippen molar-refractivity contribution in [1.82, 2.24) is 35.0 Å². The van der Waals surface area contributed by atoms with Crippen LogP contribution in [0.1, 0.15) is 49.9 Å². The first kappa shape index (κ1) is 37.2. The Kier molecular flexibility index (Phi) is 10.2. The van der Waals surface area contributed by atoms with Crippen LogP contribution in [0.25, 0.3) is 38.5 Å².